The molecule has 40 heavy (non-hydrogen) atoms. The lowest BCUT2D eigenvalue weighted by atomic mass is 10.2. The normalized spacial score (nSPS) is 15.5. The van der Waals surface area contributed by atoms with Gasteiger partial charge in [-0.05, 0) is 65.2 Å². The highest BCUT2D eigenvalue weighted by Gasteiger charge is 2.35. The molecule has 0 saturated carbocycles. The largest absolute Gasteiger partial charge is 0.300 e. The van der Waals surface area contributed by atoms with Gasteiger partial charge in [-0.25, -0.2) is 9.48 Å². The second-order valence-electron chi connectivity index (χ2n) is 10.0. The predicted molar refractivity (Wildman–Crippen MR) is 167 cm³/mol. The molecule has 1 unspecified atom stereocenters. The van der Waals surface area contributed by atoms with Crippen molar-refractivity contribution in [2.24, 2.45) is 0 Å². The Bertz CT molecular complexity index is 1410. The Labute approximate surface area is 256 Å². The van der Waals surface area contributed by atoms with Crippen LogP contribution in [0.4, 0.5) is 0 Å². The minimum atomic E-state index is 0.0661. The van der Waals surface area contributed by atoms with Crippen LogP contribution in [0.5, 0.6) is 0 Å². The molecule has 4 nitrogen and oxygen atoms in total. The maximum absolute atomic E-state index is 6.19. The van der Waals surface area contributed by atoms with Crippen molar-refractivity contribution in [3.05, 3.63) is 139 Å². The van der Waals surface area contributed by atoms with Crippen LogP contribution in [0.1, 0.15) is 22.3 Å². The van der Waals surface area contributed by atoms with E-state index >= 15 is 0 Å². The van der Waals surface area contributed by atoms with Gasteiger partial charge in [0.25, 0.3) is 0 Å². The lowest BCUT2D eigenvalue weighted by Crippen LogP contribution is -2.49. The Morgan fingerprint density at radius 3 is 1.68 bits per heavy atom. The van der Waals surface area contributed by atoms with Gasteiger partial charge in [-0.15, -0.1) is 0 Å². The van der Waals surface area contributed by atoms with Gasteiger partial charge in [-0.3, -0.25) is 4.90 Å². The number of benzene rings is 4. The van der Waals surface area contributed by atoms with Gasteiger partial charge in [-0.1, -0.05) is 94.9 Å². The first kappa shape index (κ1) is 29.1. The van der Waals surface area contributed by atoms with Crippen LogP contribution in [0, 0.1) is 0 Å². The van der Waals surface area contributed by atoms with Crippen LogP contribution in [0.25, 0.3) is 0 Å². The number of nitrogens with one attached hydrogen (secondary N) is 1. The molecule has 8 heteroatoms. The SMILES string of the molecule is Clc1ccc(CNCN(Cc2ccc(Cl)cc2)C2C=[N+](Cc3ccc(Cl)cc3)CN2Cc2ccc(Cl)cc2)cc1. The highest BCUT2D eigenvalue weighted by atomic mass is 35.5. The molecule has 1 aliphatic rings. The van der Waals surface area contributed by atoms with Gasteiger partial charge < -0.3 is 5.32 Å². The second kappa shape index (κ2) is 14.0. The number of nitrogens with zero attached hydrogens (tertiary/aromatic N) is 3. The summed E-state index contributed by atoms with van der Waals surface area (Å²) in [5.41, 5.74) is 4.83. The number of hydrogen-bond donors (Lipinski definition) is 1. The van der Waals surface area contributed by atoms with Crippen LogP contribution in [0.2, 0.25) is 20.1 Å². The monoisotopic (exact) mass is 611 g/mol. The van der Waals surface area contributed by atoms with Crippen molar-refractivity contribution in [2.75, 3.05) is 13.3 Å². The van der Waals surface area contributed by atoms with Gasteiger partial charge in [0.2, 0.25) is 6.67 Å². The van der Waals surface area contributed by atoms with Crippen LogP contribution < -0.4 is 5.32 Å². The van der Waals surface area contributed by atoms with Crippen LogP contribution in [-0.4, -0.2) is 40.1 Å². The van der Waals surface area contributed by atoms with Crippen molar-refractivity contribution in [3.63, 3.8) is 0 Å². The molecule has 0 saturated heterocycles. The standard InChI is InChI=1S/C32H31Cl4N4/c33-28-9-1-24(2-10-28)17-37-22-39(19-26-5-13-30(35)14-6-26)32-21-38(18-25-3-11-29(34)12-4-25)23-40(32)20-27-7-15-31(36)16-8-27/h1-16,21,32,37H,17-20,22-23H2/q+1. The molecule has 0 amide bonds. The van der Waals surface area contributed by atoms with Crippen molar-refractivity contribution >= 4 is 52.6 Å². The second-order valence-corrected chi connectivity index (χ2v) is 11.8. The van der Waals surface area contributed by atoms with Crippen LogP contribution in [0.3, 0.4) is 0 Å². The Hall–Kier alpha value is -2.41. The van der Waals surface area contributed by atoms with E-state index in [1.54, 1.807) is 0 Å². The van der Waals surface area contributed by atoms with Crippen molar-refractivity contribution in [1.82, 2.24) is 15.1 Å². The average molecular weight is 613 g/mol. The summed E-state index contributed by atoms with van der Waals surface area (Å²) in [7, 11) is 0. The highest BCUT2D eigenvalue weighted by Crippen LogP contribution is 2.21. The lowest BCUT2D eigenvalue weighted by molar-refractivity contribution is -0.548. The Balaban J connectivity index is 1.39. The third-order valence-electron chi connectivity index (χ3n) is 6.91. The third-order valence-corrected chi connectivity index (χ3v) is 7.92. The number of halogens is 4. The minimum absolute atomic E-state index is 0.0661. The molecule has 0 bridgehead atoms. The molecule has 1 atom stereocenters. The Morgan fingerprint density at radius 2 is 1.12 bits per heavy atom. The van der Waals surface area contributed by atoms with Crippen molar-refractivity contribution in [2.45, 2.75) is 32.3 Å². The molecule has 4 aromatic rings. The van der Waals surface area contributed by atoms with Crippen LogP contribution in [-0.2, 0) is 26.2 Å². The Kier molecular flexibility index (Phi) is 10.2. The summed E-state index contributed by atoms with van der Waals surface area (Å²) < 4.78 is 2.37. The molecule has 4 aromatic carbocycles. The first-order chi connectivity index (χ1) is 19.4. The van der Waals surface area contributed by atoms with Gasteiger partial charge in [0.1, 0.15) is 6.17 Å². The van der Waals surface area contributed by atoms with E-state index in [1.165, 1.54) is 22.3 Å². The summed E-state index contributed by atoms with van der Waals surface area (Å²) in [6.45, 7) is 4.59. The number of rotatable bonds is 11. The van der Waals surface area contributed by atoms with Gasteiger partial charge in [-0.2, -0.15) is 0 Å². The molecule has 0 aliphatic carbocycles. The van der Waals surface area contributed by atoms with Crippen molar-refractivity contribution < 1.29 is 4.58 Å². The fourth-order valence-electron chi connectivity index (χ4n) is 4.88. The zero-order chi connectivity index (χ0) is 27.9. The highest BCUT2D eigenvalue weighted by molar-refractivity contribution is 6.31. The van der Waals surface area contributed by atoms with E-state index in [0.717, 1.165) is 52.9 Å². The van der Waals surface area contributed by atoms with Gasteiger partial charge >= 0.3 is 0 Å². The van der Waals surface area contributed by atoms with E-state index in [-0.39, 0.29) is 6.17 Å². The predicted octanol–water partition coefficient (Wildman–Crippen LogP) is 7.93. The zero-order valence-electron chi connectivity index (χ0n) is 22.0. The summed E-state index contributed by atoms with van der Waals surface area (Å²) >= 11 is 24.6. The van der Waals surface area contributed by atoms with E-state index in [9.17, 15) is 0 Å². The van der Waals surface area contributed by atoms with E-state index in [4.69, 9.17) is 46.4 Å². The summed E-state index contributed by atoms with van der Waals surface area (Å²) in [6.07, 6.45) is 2.40. The van der Waals surface area contributed by atoms with Gasteiger partial charge in [0, 0.05) is 45.3 Å². The zero-order valence-corrected chi connectivity index (χ0v) is 25.0. The third kappa shape index (κ3) is 8.31. The summed E-state index contributed by atoms with van der Waals surface area (Å²) in [4.78, 5) is 4.94. The van der Waals surface area contributed by atoms with Crippen molar-refractivity contribution in [1.29, 1.82) is 0 Å². The summed E-state index contributed by atoms with van der Waals surface area (Å²) in [5, 5.41) is 6.62. The molecular formula is C32H31Cl4N4+. The maximum Gasteiger partial charge on any atom is 0.201 e. The van der Waals surface area contributed by atoms with Crippen molar-refractivity contribution in [3.8, 4) is 0 Å². The smallest absolute Gasteiger partial charge is 0.201 e. The molecule has 1 heterocycles. The topological polar surface area (TPSA) is 21.5 Å². The average Bonchev–Trinajstić information content (AvgIpc) is 3.34. The van der Waals surface area contributed by atoms with Gasteiger partial charge in [0.15, 0.2) is 12.8 Å². The molecule has 0 radical (unpaired) electrons. The lowest BCUT2D eigenvalue weighted by Gasteiger charge is -2.31. The molecule has 206 valence electrons. The molecule has 1 N–H and O–H groups in total. The van der Waals surface area contributed by atoms with E-state index in [2.05, 4.69) is 74.4 Å². The minimum Gasteiger partial charge on any atom is -0.300 e. The van der Waals surface area contributed by atoms with E-state index < -0.39 is 0 Å². The fraction of sp³-hybridized carbons (Fsp3) is 0.219. The molecule has 0 fully saturated rings. The van der Waals surface area contributed by atoms with Crippen LogP contribution in [0.15, 0.2) is 97.1 Å². The van der Waals surface area contributed by atoms with Crippen LogP contribution >= 0.6 is 46.4 Å². The Morgan fingerprint density at radius 1 is 0.650 bits per heavy atom. The van der Waals surface area contributed by atoms with Gasteiger partial charge in [0.05, 0.1) is 6.67 Å². The summed E-state index contributed by atoms with van der Waals surface area (Å²) in [6, 6.07) is 32.2. The molecule has 5 rings (SSSR count). The fourth-order valence-corrected chi connectivity index (χ4v) is 5.38. The maximum atomic E-state index is 6.19. The summed E-state index contributed by atoms with van der Waals surface area (Å²) in [5.74, 6) is 0. The molecular weight excluding hydrogens is 582 g/mol. The first-order valence-corrected chi connectivity index (χ1v) is 14.7. The number of hydrogen-bond acceptors (Lipinski definition) is 3. The quantitative estimate of drug-likeness (QED) is 0.137. The first-order valence-electron chi connectivity index (χ1n) is 13.2. The molecule has 1 aliphatic heterocycles. The molecule has 0 aromatic heterocycles. The molecule has 0 spiro atoms. The van der Waals surface area contributed by atoms with E-state index in [0.29, 0.717) is 6.67 Å². The van der Waals surface area contributed by atoms with E-state index in [1.807, 2.05) is 48.5 Å².